The van der Waals surface area contributed by atoms with Gasteiger partial charge in [-0.2, -0.15) is 5.10 Å². The van der Waals surface area contributed by atoms with Crippen molar-refractivity contribution in [3.05, 3.63) is 88.2 Å². The largest absolute Gasteiger partial charge is 0.477 e. The van der Waals surface area contributed by atoms with Crippen LogP contribution in [0.5, 0.6) is 0 Å². The van der Waals surface area contributed by atoms with Gasteiger partial charge in [0.25, 0.3) is 5.91 Å². The molecule has 0 saturated heterocycles. The number of nitrogens with one attached hydrogen (secondary N) is 2. The van der Waals surface area contributed by atoms with Gasteiger partial charge in [0.2, 0.25) is 0 Å². The van der Waals surface area contributed by atoms with Crippen molar-refractivity contribution in [1.29, 1.82) is 0 Å². The Bertz CT molecular complexity index is 1090. The van der Waals surface area contributed by atoms with Gasteiger partial charge in [-0.3, -0.25) is 4.79 Å². The number of amides is 1. The van der Waals surface area contributed by atoms with Crippen molar-refractivity contribution in [2.75, 3.05) is 10.6 Å². The molecule has 1 aromatic heterocycles. The minimum absolute atomic E-state index is 0.0116. The second-order valence-electron chi connectivity index (χ2n) is 6.15. The molecule has 28 heavy (non-hydrogen) atoms. The van der Waals surface area contributed by atoms with Crippen LogP contribution in [-0.4, -0.2) is 26.8 Å². The average molecular weight is 439 g/mol. The van der Waals surface area contributed by atoms with E-state index in [1.54, 1.807) is 22.9 Å². The molecule has 1 aliphatic heterocycles. The summed E-state index contributed by atoms with van der Waals surface area (Å²) in [5, 5.41) is 19.5. The first-order chi connectivity index (χ1) is 13.5. The first kappa shape index (κ1) is 18.0. The Morgan fingerprint density at radius 2 is 1.82 bits per heavy atom. The minimum atomic E-state index is -1.11. The predicted molar refractivity (Wildman–Crippen MR) is 108 cm³/mol. The number of nitrogens with zero attached hydrogens (tertiary/aromatic N) is 2. The highest BCUT2D eigenvalue weighted by atomic mass is 79.9. The van der Waals surface area contributed by atoms with Crippen LogP contribution in [0.1, 0.15) is 22.0 Å². The molecule has 2 aromatic carbocycles. The van der Waals surface area contributed by atoms with Crippen LogP contribution >= 0.6 is 15.9 Å². The number of rotatable bonds is 4. The molecule has 0 bridgehead atoms. The molecule has 2 heterocycles. The fraction of sp³-hybridized carbons (Fsp3) is 0.0500. The summed E-state index contributed by atoms with van der Waals surface area (Å²) in [7, 11) is 0. The summed E-state index contributed by atoms with van der Waals surface area (Å²) in [6.07, 6.45) is 3.00. The van der Waals surface area contributed by atoms with Gasteiger partial charge in [-0.15, -0.1) is 0 Å². The first-order valence-corrected chi connectivity index (χ1v) is 9.24. The van der Waals surface area contributed by atoms with Gasteiger partial charge >= 0.3 is 5.97 Å². The molecule has 7 nitrogen and oxygen atoms in total. The number of aliphatic carboxylic acids is 1. The zero-order valence-electron chi connectivity index (χ0n) is 14.5. The number of anilines is 2. The summed E-state index contributed by atoms with van der Waals surface area (Å²) in [5.74, 6) is -1.16. The monoisotopic (exact) mass is 438 g/mol. The van der Waals surface area contributed by atoms with Gasteiger partial charge in [-0.25, -0.2) is 9.48 Å². The molecule has 1 amide bonds. The number of carbonyl (C=O) groups is 2. The average Bonchev–Trinajstić information content (AvgIpc) is 3.13. The smallest absolute Gasteiger partial charge is 0.352 e. The van der Waals surface area contributed by atoms with Gasteiger partial charge in [-0.05, 0) is 29.8 Å². The number of carbonyl (C=O) groups excluding carboxylic acids is 1. The molecule has 1 atom stereocenters. The van der Waals surface area contributed by atoms with Gasteiger partial charge in [0.15, 0.2) is 0 Å². The van der Waals surface area contributed by atoms with Crippen molar-refractivity contribution < 1.29 is 14.7 Å². The summed E-state index contributed by atoms with van der Waals surface area (Å²) in [4.78, 5) is 24.4. The second-order valence-corrected chi connectivity index (χ2v) is 7.00. The molecule has 8 heteroatoms. The molecule has 0 saturated carbocycles. The van der Waals surface area contributed by atoms with E-state index in [4.69, 9.17) is 0 Å². The third-order valence-electron chi connectivity index (χ3n) is 4.37. The van der Waals surface area contributed by atoms with E-state index in [-0.39, 0.29) is 17.2 Å². The maximum atomic E-state index is 12.8. The molecule has 4 rings (SSSR count). The number of hydrogen-bond acceptors (Lipinski definition) is 4. The lowest BCUT2D eigenvalue weighted by atomic mass is 10.0. The fourth-order valence-corrected chi connectivity index (χ4v) is 3.56. The quantitative estimate of drug-likeness (QED) is 0.574. The molecule has 0 spiro atoms. The summed E-state index contributed by atoms with van der Waals surface area (Å²) < 4.78 is 2.42. The molecule has 1 unspecified atom stereocenters. The molecule has 3 N–H and O–H groups in total. The predicted octanol–water partition coefficient (Wildman–Crippen LogP) is 3.88. The Morgan fingerprint density at radius 1 is 1.11 bits per heavy atom. The summed E-state index contributed by atoms with van der Waals surface area (Å²) >= 11 is 3.50. The summed E-state index contributed by atoms with van der Waals surface area (Å²) in [5.41, 5.74) is 1.72. The Morgan fingerprint density at radius 3 is 2.54 bits per heavy atom. The number of hydrogen-bond donors (Lipinski definition) is 3. The van der Waals surface area contributed by atoms with E-state index >= 15 is 0 Å². The van der Waals surface area contributed by atoms with Gasteiger partial charge in [0.1, 0.15) is 23.1 Å². The third-order valence-corrected chi connectivity index (χ3v) is 5.09. The Kier molecular flexibility index (Phi) is 4.70. The van der Waals surface area contributed by atoms with E-state index < -0.39 is 12.0 Å². The van der Waals surface area contributed by atoms with E-state index in [1.165, 1.54) is 6.20 Å². The van der Waals surface area contributed by atoms with Gasteiger partial charge < -0.3 is 15.7 Å². The maximum absolute atomic E-state index is 12.8. The highest BCUT2D eigenvalue weighted by Crippen LogP contribution is 2.35. The molecule has 3 aromatic rings. The zero-order chi connectivity index (χ0) is 19.7. The lowest BCUT2D eigenvalue weighted by Gasteiger charge is -2.25. The standard InChI is InChI=1S/C20H15BrN4O3/c21-15-9-5-4-8-13(15)17-10-16(20(27)28)24-18-14(11-22-25(17)18)19(26)23-12-6-2-1-3-7-12/h1-11,17,24H,(H,23,26)(H,27,28). The van der Waals surface area contributed by atoms with Crippen molar-refractivity contribution in [3.63, 3.8) is 0 Å². The number of carboxylic acids is 1. The Hall–Kier alpha value is -3.39. The van der Waals surface area contributed by atoms with Crippen molar-refractivity contribution in [3.8, 4) is 0 Å². The number of allylic oxidation sites excluding steroid dienone is 1. The van der Waals surface area contributed by atoms with Crippen LogP contribution in [0.2, 0.25) is 0 Å². The molecule has 0 fully saturated rings. The Labute approximate surface area is 168 Å². The minimum Gasteiger partial charge on any atom is -0.477 e. The SMILES string of the molecule is O=C(O)C1=CC(c2ccccc2Br)n2ncc(C(=O)Nc3ccccc3)c2N1. The normalized spacial score (nSPS) is 15.2. The molecule has 140 valence electrons. The number of halogens is 1. The fourth-order valence-electron chi connectivity index (χ4n) is 3.04. The number of para-hydroxylation sites is 1. The van der Waals surface area contributed by atoms with Crippen LogP contribution < -0.4 is 10.6 Å². The van der Waals surface area contributed by atoms with Crippen LogP contribution in [0.25, 0.3) is 0 Å². The van der Waals surface area contributed by atoms with E-state index in [0.717, 1.165) is 10.0 Å². The highest BCUT2D eigenvalue weighted by molar-refractivity contribution is 9.10. The third kappa shape index (κ3) is 3.29. The number of aromatic nitrogens is 2. The van der Waals surface area contributed by atoms with Gasteiger partial charge in [-0.1, -0.05) is 52.3 Å². The van der Waals surface area contributed by atoms with Crippen molar-refractivity contribution >= 4 is 39.3 Å². The molecule has 1 aliphatic rings. The molecular weight excluding hydrogens is 424 g/mol. The van der Waals surface area contributed by atoms with Gasteiger partial charge in [0, 0.05) is 10.2 Å². The highest BCUT2D eigenvalue weighted by Gasteiger charge is 2.30. The van der Waals surface area contributed by atoms with Crippen molar-refractivity contribution in [2.24, 2.45) is 0 Å². The number of carboxylic acid groups (broad SMARTS) is 1. The molecule has 0 radical (unpaired) electrons. The van der Waals surface area contributed by atoms with Crippen LogP contribution in [0.4, 0.5) is 11.5 Å². The van der Waals surface area contributed by atoms with Crippen LogP contribution in [0.15, 0.2) is 77.0 Å². The second kappa shape index (κ2) is 7.32. The lowest BCUT2D eigenvalue weighted by Crippen LogP contribution is -2.25. The van der Waals surface area contributed by atoms with Crippen molar-refractivity contribution in [2.45, 2.75) is 6.04 Å². The Balaban J connectivity index is 1.75. The molecule has 0 aliphatic carbocycles. The van der Waals surface area contributed by atoms with Crippen LogP contribution in [-0.2, 0) is 4.79 Å². The first-order valence-electron chi connectivity index (χ1n) is 8.45. The van der Waals surface area contributed by atoms with E-state index in [1.807, 2.05) is 42.5 Å². The van der Waals surface area contributed by atoms with Gasteiger partial charge in [0.05, 0.1) is 6.20 Å². The lowest BCUT2D eigenvalue weighted by molar-refractivity contribution is -0.132. The van der Waals surface area contributed by atoms with Crippen molar-refractivity contribution in [1.82, 2.24) is 9.78 Å². The summed E-state index contributed by atoms with van der Waals surface area (Å²) in [6, 6.07) is 16.0. The van der Waals surface area contributed by atoms with Crippen LogP contribution in [0.3, 0.4) is 0 Å². The molecular formula is C20H15BrN4O3. The van der Waals surface area contributed by atoms with E-state index in [0.29, 0.717) is 11.5 Å². The zero-order valence-corrected chi connectivity index (χ0v) is 16.1. The van der Waals surface area contributed by atoms with E-state index in [9.17, 15) is 14.7 Å². The number of fused-ring (bicyclic) bond motifs is 1. The maximum Gasteiger partial charge on any atom is 0.352 e. The van der Waals surface area contributed by atoms with E-state index in [2.05, 4.69) is 31.7 Å². The topological polar surface area (TPSA) is 96.2 Å². The number of benzene rings is 2. The summed E-state index contributed by atoms with van der Waals surface area (Å²) in [6.45, 7) is 0. The van der Waals surface area contributed by atoms with Crippen LogP contribution in [0, 0.1) is 0 Å².